The number of thioether (sulfide) groups is 2. The van der Waals surface area contributed by atoms with Crippen LogP contribution in [0.2, 0.25) is 0 Å². The molecule has 2 aliphatic heterocycles. The fraction of sp³-hybridized carbons (Fsp3) is 0.389. The molecular formula is C18H22N12O5S3. The predicted molar refractivity (Wildman–Crippen MR) is 138 cm³/mol. The minimum Gasteiger partial charge on any atom is -0.477 e. The average molecular weight is 583 g/mol. The van der Waals surface area contributed by atoms with Crippen LogP contribution >= 0.6 is 34.9 Å². The number of carboxylic acids is 1. The van der Waals surface area contributed by atoms with Crippen molar-refractivity contribution < 1.29 is 24.3 Å². The normalized spacial score (nSPS) is 19.0. The third kappa shape index (κ3) is 5.65. The zero-order valence-corrected chi connectivity index (χ0v) is 22.1. The molecule has 202 valence electrons. The number of thiazole rings is 1. The number of oxime groups is 1. The number of nitrogens with two attached hydrogens (primary N) is 2. The van der Waals surface area contributed by atoms with Crippen molar-refractivity contribution in [2.24, 2.45) is 10.9 Å². The number of tetrazole rings is 1. The Labute approximate surface area is 226 Å². The third-order valence-corrected chi connectivity index (χ3v) is 8.27. The number of rotatable bonds is 11. The van der Waals surface area contributed by atoms with Crippen molar-refractivity contribution in [3.05, 3.63) is 22.3 Å². The first-order valence-electron chi connectivity index (χ1n) is 10.7. The summed E-state index contributed by atoms with van der Waals surface area (Å²) in [5, 5.41) is 39.1. The second kappa shape index (κ2) is 11.6. The summed E-state index contributed by atoms with van der Waals surface area (Å²) < 4.78 is 1.50. The van der Waals surface area contributed by atoms with Gasteiger partial charge >= 0.3 is 5.97 Å². The molecule has 17 nitrogen and oxygen atoms in total. The van der Waals surface area contributed by atoms with E-state index in [1.807, 2.05) is 0 Å². The summed E-state index contributed by atoms with van der Waals surface area (Å²) in [6, 6.07) is -0.963. The highest BCUT2D eigenvalue weighted by Crippen LogP contribution is 2.41. The summed E-state index contributed by atoms with van der Waals surface area (Å²) in [6.07, 6.45) is 0. The van der Waals surface area contributed by atoms with Crippen molar-refractivity contribution in [2.75, 3.05) is 30.9 Å². The second-order valence-corrected chi connectivity index (χ2v) is 10.6. The Morgan fingerprint density at radius 2 is 2.24 bits per heavy atom. The number of carbonyl (C=O) groups excluding carboxylic acids is 2. The van der Waals surface area contributed by atoms with E-state index in [0.29, 0.717) is 29.6 Å². The van der Waals surface area contributed by atoms with Gasteiger partial charge in [0, 0.05) is 23.4 Å². The van der Waals surface area contributed by atoms with E-state index in [0.717, 1.165) is 11.3 Å². The lowest BCUT2D eigenvalue weighted by Gasteiger charge is -2.49. The van der Waals surface area contributed by atoms with E-state index in [9.17, 15) is 19.5 Å². The fourth-order valence-corrected chi connectivity index (χ4v) is 6.52. The van der Waals surface area contributed by atoms with Gasteiger partial charge in [-0.3, -0.25) is 19.9 Å². The van der Waals surface area contributed by atoms with E-state index in [-0.39, 0.29) is 33.9 Å². The number of aromatic nitrogens is 5. The minimum absolute atomic E-state index is 0.132. The Balaban J connectivity index is 1.44. The Morgan fingerprint density at radius 3 is 2.89 bits per heavy atom. The van der Waals surface area contributed by atoms with Crippen LogP contribution in [0.15, 0.2) is 27.0 Å². The topological polar surface area (TPSA) is 253 Å². The number of amides is 2. The molecule has 0 radical (unpaired) electrons. The van der Waals surface area contributed by atoms with E-state index in [2.05, 4.69) is 36.3 Å². The molecule has 1 saturated heterocycles. The Bertz CT molecular complexity index is 1320. The molecule has 4 rings (SSSR count). The highest BCUT2D eigenvalue weighted by molar-refractivity contribution is 8.01. The molecule has 2 amide bonds. The Morgan fingerprint density at radius 1 is 1.45 bits per heavy atom. The lowest BCUT2D eigenvalue weighted by Crippen LogP contribution is -2.71. The summed E-state index contributed by atoms with van der Waals surface area (Å²) in [7, 11) is 1.27. The summed E-state index contributed by atoms with van der Waals surface area (Å²) >= 11 is 3.65. The number of nitrogen functional groups attached to an aromatic ring is 1. The lowest BCUT2D eigenvalue weighted by atomic mass is 10.0. The smallest absolute Gasteiger partial charge is 0.352 e. The van der Waals surface area contributed by atoms with Crippen molar-refractivity contribution in [1.82, 2.24) is 40.7 Å². The van der Waals surface area contributed by atoms with Gasteiger partial charge in [-0.15, -0.1) is 28.2 Å². The zero-order chi connectivity index (χ0) is 27.4. The van der Waals surface area contributed by atoms with Crippen LogP contribution in [0.3, 0.4) is 0 Å². The number of carbonyl (C=O) groups is 3. The number of fused-ring (bicyclic) bond motifs is 1. The molecule has 8 N–H and O–H groups in total. The quantitative estimate of drug-likeness (QED) is 0.0555. The lowest BCUT2D eigenvalue weighted by molar-refractivity contribution is -0.150. The van der Waals surface area contributed by atoms with Gasteiger partial charge in [-0.25, -0.2) is 14.5 Å². The number of hydrogen-bond acceptors (Lipinski definition) is 14. The zero-order valence-electron chi connectivity index (χ0n) is 19.7. The van der Waals surface area contributed by atoms with Crippen LogP contribution in [0.1, 0.15) is 5.69 Å². The molecule has 2 aliphatic rings. The number of guanidine groups is 1. The van der Waals surface area contributed by atoms with Gasteiger partial charge in [-0.05, 0) is 16.0 Å². The van der Waals surface area contributed by atoms with Crippen molar-refractivity contribution in [3.63, 3.8) is 0 Å². The molecule has 38 heavy (non-hydrogen) atoms. The Kier molecular flexibility index (Phi) is 8.32. The maximum absolute atomic E-state index is 13.0. The number of β-lactam (4-membered cyclic amide) rings is 1. The first-order valence-corrected chi connectivity index (χ1v) is 13.6. The number of carboxylic acid groups (broad SMARTS) is 1. The van der Waals surface area contributed by atoms with E-state index in [4.69, 9.17) is 21.7 Å². The van der Waals surface area contributed by atoms with Crippen molar-refractivity contribution >= 4 is 69.4 Å². The molecule has 0 aliphatic carbocycles. The highest BCUT2D eigenvalue weighted by Gasteiger charge is 2.54. The molecule has 0 saturated carbocycles. The van der Waals surface area contributed by atoms with Crippen LogP contribution in [0.25, 0.3) is 0 Å². The summed E-state index contributed by atoms with van der Waals surface area (Å²) in [4.78, 5) is 47.9. The molecule has 0 unspecified atom stereocenters. The van der Waals surface area contributed by atoms with E-state index < -0.39 is 29.2 Å². The SMILES string of the molecule is CO/N=C(\C(=O)N[C@@H]1C(=O)N2C(C(=O)O)=C(CSc3nnnn3CCNC(=N)N)CS[C@@H]12)c1csc(N)n1. The number of hydrogen-bond donors (Lipinski definition) is 6. The van der Waals surface area contributed by atoms with E-state index in [1.54, 1.807) is 0 Å². The molecular weight excluding hydrogens is 560 g/mol. The molecule has 20 heteroatoms. The Hall–Kier alpha value is -3.91. The standard InChI is InChI=1S/C18H22N12O5S3/c1-35-26-9(8-6-37-17(21)23-8)12(31)24-10-13(32)30-11(15(33)34)7(4-36-14(10)30)5-38-18-25-27-28-29(18)3-2-22-16(19)20/h6,10,14H,2-5H2,1H3,(H2,21,23)(H,24,31)(H,33,34)(H4,19,20,22)/b26-9-/t10-,14+/m1/s1. The highest BCUT2D eigenvalue weighted by atomic mass is 32.2. The van der Waals surface area contributed by atoms with Crippen LogP contribution in [0.5, 0.6) is 0 Å². The minimum atomic E-state index is -1.26. The van der Waals surface area contributed by atoms with Crippen LogP contribution in [-0.2, 0) is 25.8 Å². The van der Waals surface area contributed by atoms with Gasteiger partial charge in [0.05, 0.1) is 6.54 Å². The van der Waals surface area contributed by atoms with Gasteiger partial charge in [0.15, 0.2) is 16.8 Å². The molecule has 1 fully saturated rings. The monoisotopic (exact) mass is 582 g/mol. The van der Waals surface area contributed by atoms with Gasteiger partial charge in [0.2, 0.25) is 5.16 Å². The largest absolute Gasteiger partial charge is 0.477 e. The molecule has 2 aromatic rings. The van der Waals surface area contributed by atoms with Crippen LogP contribution in [0, 0.1) is 5.41 Å². The molecule has 2 atom stereocenters. The van der Waals surface area contributed by atoms with Crippen molar-refractivity contribution in [1.29, 1.82) is 5.41 Å². The number of nitrogens with one attached hydrogen (secondary N) is 3. The molecule has 2 aromatic heterocycles. The average Bonchev–Trinajstić information content (AvgIpc) is 3.51. The van der Waals surface area contributed by atoms with Crippen molar-refractivity contribution in [3.8, 4) is 0 Å². The van der Waals surface area contributed by atoms with Gasteiger partial charge in [0.25, 0.3) is 11.8 Å². The number of anilines is 1. The summed E-state index contributed by atoms with van der Waals surface area (Å²) in [6.45, 7) is 0.668. The van der Waals surface area contributed by atoms with Crippen LogP contribution < -0.4 is 22.1 Å². The number of aliphatic carboxylic acids is 1. The summed E-state index contributed by atoms with van der Waals surface area (Å²) in [5.74, 6) is -2.17. The van der Waals surface area contributed by atoms with Crippen LogP contribution in [0.4, 0.5) is 5.13 Å². The van der Waals surface area contributed by atoms with E-state index in [1.165, 1.54) is 45.6 Å². The molecule has 0 spiro atoms. The maximum Gasteiger partial charge on any atom is 0.352 e. The summed E-state index contributed by atoms with van der Waals surface area (Å²) in [5.41, 5.74) is 11.3. The third-order valence-electron chi connectivity index (χ3n) is 5.21. The van der Waals surface area contributed by atoms with Crippen molar-refractivity contribution in [2.45, 2.75) is 23.1 Å². The first kappa shape index (κ1) is 27.1. The van der Waals surface area contributed by atoms with E-state index >= 15 is 0 Å². The fourth-order valence-electron chi connectivity index (χ4n) is 3.58. The number of nitrogens with zero attached hydrogens (tertiary/aromatic N) is 7. The second-order valence-electron chi connectivity index (χ2n) is 7.63. The van der Waals surface area contributed by atoms with Gasteiger partial charge in [0.1, 0.15) is 29.9 Å². The van der Waals surface area contributed by atoms with Gasteiger partial charge in [-0.1, -0.05) is 16.9 Å². The van der Waals surface area contributed by atoms with Gasteiger partial charge < -0.3 is 32.0 Å². The first-order chi connectivity index (χ1) is 18.2. The predicted octanol–water partition coefficient (Wildman–Crippen LogP) is -1.92. The van der Waals surface area contributed by atoms with Gasteiger partial charge in [-0.2, -0.15) is 0 Å². The maximum atomic E-state index is 13.0. The molecule has 0 bridgehead atoms. The van der Waals surface area contributed by atoms with Crippen LogP contribution in [-0.4, -0.2) is 101 Å². The molecule has 4 heterocycles. The molecule has 0 aromatic carbocycles.